The molecule has 1 unspecified atom stereocenters. The van der Waals surface area contributed by atoms with Gasteiger partial charge in [-0.1, -0.05) is 93.3 Å². The molecule has 2 aromatic carbocycles. The van der Waals surface area contributed by atoms with Crippen LogP contribution in [0.5, 0.6) is 0 Å². The Bertz CT molecular complexity index is 1410. The number of carbonyl (C=O) groups excluding carboxylic acids is 1. The standard InChI is InChI=1S/C31H35F3N4O4Si/c1-29(2,3)43(25-13-7-5-8-14-25,26-15-9-6-10-16-26)42-19-11-12-24-22-37(28(39)40)17-18-38(24)27-35-20-23(21-36-27)30(4,41)31(32,33)34/h5-10,13-16,20-21,24,41H,17-19,22H2,1-4H3,(H,39,40)/p-1/t24?,30-/m0/s1. The Morgan fingerprint density at radius 2 is 1.53 bits per heavy atom. The smallest absolute Gasteiger partial charge is 0.421 e. The lowest BCUT2D eigenvalue weighted by Crippen LogP contribution is -2.66. The average Bonchev–Trinajstić information content (AvgIpc) is 2.97. The summed E-state index contributed by atoms with van der Waals surface area (Å²) < 4.78 is 46.7. The number of halogens is 3. The fourth-order valence-corrected chi connectivity index (χ4v) is 9.71. The number of rotatable bonds is 6. The van der Waals surface area contributed by atoms with Crippen LogP contribution in [0.15, 0.2) is 73.1 Å². The molecule has 228 valence electrons. The van der Waals surface area contributed by atoms with Crippen molar-refractivity contribution in [2.45, 2.75) is 50.6 Å². The first-order chi connectivity index (χ1) is 20.2. The van der Waals surface area contributed by atoms with E-state index < -0.39 is 37.8 Å². The Balaban J connectivity index is 1.64. The maximum atomic E-state index is 13.3. The van der Waals surface area contributed by atoms with Crippen LogP contribution in [-0.2, 0) is 10.0 Å². The number of benzene rings is 2. The number of carboxylic acid groups (broad SMARTS) is 1. The Labute approximate surface area is 250 Å². The van der Waals surface area contributed by atoms with Crippen LogP contribution in [-0.4, -0.2) is 72.8 Å². The molecule has 12 heteroatoms. The van der Waals surface area contributed by atoms with Gasteiger partial charge in [0.2, 0.25) is 5.95 Å². The summed E-state index contributed by atoms with van der Waals surface area (Å²) in [6.45, 7) is 7.28. The molecule has 2 atom stereocenters. The molecule has 2 heterocycles. The van der Waals surface area contributed by atoms with Crippen LogP contribution >= 0.6 is 0 Å². The molecule has 4 rings (SSSR count). The number of hydrogen-bond acceptors (Lipinski definition) is 7. The first-order valence-corrected chi connectivity index (χ1v) is 15.7. The van der Waals surface area contributed by atoms with Crippen molar-refractivity contribution in [3.63, 3.8) is 0 Å². The fraction of sp³-hybridized carbons (Fsp3) is 0.387. The normalized spacial score (nSPS) is 17.5. The van der Waals surface area contributed by atoms with E-state index in [0.717, 1.165) is 27.7 Å². The monoisotopic (exact) mass is 611 g/mol. The van der Waals surface area contributed by atoms with Gasteiger partial charge in [-0.25, -0.2) is 9.97 Å². The third-order valence-electron chi connectivity index (χ3n) is 7.69. The second-order valence-electron chi connectivity index (χ2n) is 11.5. The largest absolute Gasteiger partial charge is 0.530 e. The molecule has 1 fully saturated rings. The van der Waals surface area contributed by atoms with E-state index >= 15 is 0 Å². The molecular formula is C31H34F3N4O4Si-. The quantitative estimate of drug-likeness (QED) is 0.338. The molecular weight excluding hydrogens is 577 g/mol. The predicted molar refractivity (Wildman–Crippen MR) is 157 cm³/mol. The Kier molecular flexibility index (Phi) is 9.20. The van der Waals surface area contributed by atoms with Crippen molar-refractivity contribution in [3.8, 4) is 11.8 Å². The number of aromatic nitrogens is 2. The maximum Gasteiger partial charge on any atom is 0.421 e. The highest BCUT2D eigenvalue weighted by Gasteiger charge is 2.52. The summed E-state index contributed by atoms with van der Waals surface area (Å²) in [5.74, 6) is 6.22. The summed E-state index contributed by atoms with van der Waals surface area (Å²) in [4.78, 5) is 22.5. The number of alkyl halides is 3. The van der Waals surface area contributed by atoms with Gasteiger partial charge >= 0.3 is 6.18 Å². The van der Waals surface area contributed by atoms with Crippen LogP contribution in [0, 0.1) is 11.8 Å². The maximum absolute atomic E-state index is 13.3. The summed E-state index contributed by atoms with van der Waals surface area (Å²) in [6, 6.07) is 19.4. The molecule has 0 bridgehead atoms. The van der Waals surface area contributed by atoms with Gasteiger partial charge in [0.05, 0.1) is 13.2 Å². The van der Waals surface area contributed by atoms with E-state index in [0.29, 0.717) is 6.92 Å². The highest BCUT2D eigenvalue weighted by Crippen LogP contribution is 2.38. The van der Waals surface area contributed by atoms with Crippen molar-refractivity contribution >= 4 is 30.7 Å². The van der Waals surface area contributed by atoms with Crippen LogP contribution < -0.4 is 20.4 Å². The molecule has 3 aromatic rings. The second-order valence-corrected chi connectivity index (χ2v) is 15.8. The molecule has 0 radical (unpaired) electrons. The van der Waals surface area contributed by atoms with Crippen molar-refractivity contribution in [1.82, 2.24) is 14.9 Å². The van der Waals surface area contributed by atoms with Crippen LogP contribution in [0.1, 0.15) is 33.3 Å². The lowest BCUT2D eigenvalue weighted by atomic mass is 9.99. The highest BCUT2D eigenvalue weighted by molar-refractivity contribution is 6.99. The zero-order chi connectivity index (χ0) is 31.5. The van der Waals surface area contributed by atoms with Crippen molar-refractivity contribution in [1.29, 1.82) is 0 Å². The molecule has 1 saturated heterocycles. The number of anilines is 1. The van der Waals surface area contributed by atoms with Crippen molar-refractivity contribution < 1.29 is 32.6 Å². The van der Waals surface area contributed by atoms with Gasteiger partial charge in [-0.2, -0.15) is 13.2 Å². The van der Waals surface area contributed by atoms with Crippen LogP contribution in [0.25, 0.3) is 0 Å². The highest BCUT2D eigenvalue weighted by atomic mass is 28.4. The molecule has 0 spiro atoms. The second kappa shape index (κ2) is 12.4. The zero-order valence-electron chi connectivity index (χ0n) is 24.4. The van der Waals surface area contributed by atoms with Gasteiger partial charge in [-0.3, -0.25) is 0 Å². The lowest BCUT2D eigenvalue weighted by molar-refractivity contribution is -0.266. The number of piperazine rings is 1. The lowest BCUT2D eigenvalue weighted by Gasteiger charge is -2.42. The zero-order valence-corrected chi connectivity index (χ0v) is 25.4. The number of aliphatic hydroxyl groups is 1. The predicted octanol–water partition coefficient (Wildman–Crippen LogP) is 2.66. The van der Waals surface area contributed by atoms with E-state index in [4.69, 9.17) is 4.43 Å². The van der Waals surface area contributed by atoms with E-state index in [1.54, 1.807) is 4.90 Å². The summed E-state index contributed by atoms with van der Waals surface area (Å²) in [5, 5.41) is 23.5. The topological polar surface area (TPSA) is 102 Å². The first kappa shape index (κ1) is 32.0. The molecule has 1 aliphatic rings. The SMILES string of the molecule is CC(C)(C)[Si](OCC#CC1CN(C(=O)[O-])CCN1c1ncc([C@](C)(O)C(F)(F)F)cn1)(c1ccccc1)c1ccccc1. The van der Waals surface area contributed by atoms with Crippen molar-refractivity contribution in [2.24, 2.45) is 0 Å². The minimum atomic E-state index is -4.92. The summed E-state index contributed by atoms with van der Waals surface area (Å²) in [5.41, 5.74) is -3.64. The molecule has 1 aliphatic heterocycles. The van der Waals surface area contributed by atoms with Crippen LogP contribution in [0.3, 0.4) is 0 Å². The van der Waals surface area contributed by atoms with E-state index in [2.05, 4.69) is 66.8 Å². The fourth-order valence-electron chi connectivity index (χ4n) is 5.26. The molecule has 1 N–H and O–H groups in total. The number of hydrogen-bond donors (Lipinski definition) is 1. The summed E-state index contributed by atoms with van der Waals surface area (Å²) >= 11 is 0. The minimum Gasteiger partial charge on any atom is -0.530 e. The van der Waals surface area contributed by atoms with Gasteiger partial charge in [-0.15, -0.1) is 0 Å². The Morgan fingerprint density at radius 3 is 2.00 bits per heavy atom. The molecule has 8 nitrogen and oxygen atoms in total. The minimum absolute atomic E-state index is 0.0417. The summed E-state index contributed by atoms with van der Waals surface area (Å²) in [7, 11) is -2.86. The van der Waals surface area contributed by atoms with Crippen LogP contribution in [0.4, 0.5) is 23.9 Å². The van der Waals surface area contributed by atoms with E-state index in [9.17, 15) is 28.2 Å². The Morgan fingerprint density at radius 1 is 1.00 bits per heavy atom. The third-order valence-corrected chi connectivity index (χ3v) is 12.7. The molecule has 0 saturated carbocycles. The molecule has 0 aliphatic carbocycles. The van der Waals surface area contributed by atoms with Gasteiger partial charge in [-0.05, 0) is 22.3 Å². The third kappa shape index (κ3) is 6.54. The molecule has 1 aromatic heterocycles. The number of amides is 1. The average molecular weight is 612 g/mol. The van der Waals surface area contributed by atoms with Crippen molar-refractivity contribution in [3.05, 3.63) is 78.6 Å². The van der Waals surface area contributed by atoms with Gasteiger partial charge in [0.25, 0.3) is 8.32 Å². The van der Waals surface area contributed by atoms with Crippen molar-refractivity contribution in [2.75, 3.05) is 31.1 Å². The van der Waals surface area contributed by atoms with Gasteiger partial charge in [0.15, 0.2) is 5.60 Å². The van der Waals surface area contributed by atoms with Gasteiger partial charge in [0, 0.05) is 31.0 Å². The first-order valence-electron chi connectivity index (χ1n) is 13.8. The summed E-state index contributed by atoms with van der Waals surface area (Å²) in [6.07, 6.45) is -4.45. The molecule has 1 amide bonds. The van der Waals surface area contributed by atoms with E-state index in [1.807, 2.05) is 36.4 Å². The molecule has 43 heavy (non-hydrogen) atoms. The number of nitrogens with zero attached hydrogens (tertiary/aromatic N) is 4. The van der Waals surface area contributed by atoms with Crippen LogP contribution in [0.2, 0.25) is 5.04 Å². The Hall–Kier alpha value is -3.92. The van der Waals surface area contributed by atoms with E-state index in [1.165, 1.54) is 0 Å². The van der Waals surface area contributed by atoms with E-state index in [-0.39, 0.29) is 37.2 Å². The van der Waals surface area contributed by atoms with Gasteiger partial charge in [0.1, 0.15) is 12.1 Å². The number of carbonyl (C=O) groups is 1. The van der Waals surface area contributed by atoms with Gasteiger partial charge < -0.3 is 29.2 Å².